The third kappa shape index (κ3) is 1.95. The fourth-order valence-electron chi connectivity index (χ4n) is 0.974. The minimum absolute atomic E-state index is 0.155. The summed E-state index contributed by atoms with van der Waals surface area (Å²) in [4.78, 5) is -0.499. The molecule has 0 amide bonds. The van der Waals surface area contributed by atoms with Gasteiger partial charge in [-0.25, -0.2) is 0 Å². The highest BCUT2D eigenvalue weighted by atomic mass is 35.5. The van der Waals surface area contributed by atoms with E-state index in [0.717, 1.165) is 0 Å². The zero-order valence-electron chi connectivity index (χ0n) is 7.08. The molecule has 1 aromatic carbocycles. The second-order valence-electron chi connectivity index (χ2n) is 2.69. The van der Waals surface area contributed by atoms with Gasteiger partial charge in [-0.1, -0.05) is 23.2 Å². The summed E-state index contributed by atoms with van der Waals surface area (Å²) in [5, 5.41) is 0.0948. The molecule has 0 saturated carbocycles. The van der Waals surface area contributed by atoms with Crippen LogP contribution in [-0.2, 0) is 10.1 Å². The number of hydrogen-bond donors (Lipinski definition) is 2. The van der Waals surface area contributed by atoms with Crippen LogP contribution < -0.4 is 5.73 Å². The summed E-state index contributed by atoms with van der Waals surface area (Å²) >= 11 is 11.4. The first-order valence-electron chi connectivity index (χ1n) is 3.46. The molecule has 4 nitrogen and oxygen atoms in total. The summed E-state index contributed by atoms with van der Waals surface area (Å²) < 4.78 is 30.6. The van der Waals surface area contributed by atoms with Crippen LogP contribution in [0.2, 0.25) is 10.0 Å². The molecule has 14 heavy (non-hydrogen) atoms. The number of nitrogens with two attached hydrogens (primary N) is 1. The summed E-state index contributed by atoms with van der Waals surface area (Å²) in [6.45, 7) is 1.53. The van der Waals surface area contributed by atoms with Crippen LogP contribution in [0.3, 0.4) is 0 Å². The van der Waals surface area contributed by atoms with Crippen molar-refractivity contribution in [3.05, 3.63) is 21.7 Å². The lowest BCUT2D eigenvalue weighted by molar-refractivity contribution is 0.483. The van der Waals surface area contributed by atoms with Gasteiger partial charge in [0.15, 0.2) is 0 Å². The van der Waals surface area contributed by atoms with Crippen molar-refractivity contribution in [1.82, 2.24) is 0 Å². The zero-order valence-corrected chi connectivity index (χ0v) is 9.41. The van der Waals surface area contributed by atoms with Crippen molar-refractivity contribution in [2.45, 2.75) is 11.8 Å². The average molecular weight is 256 g/mol. The molecule has 0 unspecified atom stereocenters. The molecular weight excluding hydrogens is 249 g/mol. The molecule has 0 aliphatic rings. The molecule has 0 fully saturated rings. The Hall–Kier alpha value is -0.490. The molecule has 0 saturated heterocycles. The Morgan fingerprint density at radius 1 is 1.43 bits per heavy atom. The maximum atomic E-state index is 10.9. The summed E-state index contributed by atoms with van der Waals surface area (Å²) in [5.41, 5.74) is 5.55. The quantitative estimate of drug-likeness (QED) is 0.595. The Morgan fingerprint density at radius 2 is 1.93 bits per heavy atom. The second kappa shape index (κ2) is 3.58. The Bertz CT molecular complexity index is 484. The molecule has 0 spiro atoms. The second-order valence-corrected chi connectivity index (χ2v) is 4.83. The Morgan fingerprint density at radius 3 is 2.36 bits per heavy atom. The first-order valence-corrected chi connectivity index (χ1v) is 5.66. The van der Waals surface area contributed by atoms with E-state index < -0.39 is 15.0 Å². The van der Waals surface area contributed by atoms with E-state index in [0.29, 0.717) is 5.56 Å². The Labute approximate surface area is 91.4 Å². The first kappa shape index (κ1) is 11.6. The van der Waals surface area contributed by atoms with Crippen LogP contribution in [0.15, 0.2) is 11.0 Å². The lowest BCUT2D eigenvalue weighted by Crippen LogP contribution is -2.05. The molecule has 78 valence electrons. The predicted octanol–water partition coefficient (Wildman–Crippen LogP) is 2.13. The summed E-state index contributed by atoms with van der Waals surface area (Å²) in [5.74, 6) is 0. The molecule has 0 atom stereocenters. The Balaban J connectivity index is 3.70. The molecule has 1 rings (SSSR count). The van der Waals surface area contributed by atoms with Gasteiger partial charge in [-0.3, -0.25) is 4.55 Å². The molecule has 0 aromatic heterocycles. The SMILES string of the molecule is Cc1c(Cl)cc(N)c(S(=O)(=O)O)c1Cl. The number of anilines is 1. The average Bonchev–Trinajstić information content (AvgIpc) is 1.97. The highest BCUT2D eigenvalue weighted by molar-refractivity contribution is 7.86. The van der Waals surface area contributed by atoms with E-state index in [9.17, 15) is 8.42 Å². The van der Waals surface area contributed by atoms with Crippen LogP contribution in [-0.4, -0.2) is 13.0 Å². The van der Waals surface area contributed by atoms with Crippen LogP contribution in [0.5, 0.6) is 0 Å². The van der Waals surface area contributed by atoms with Crippen molar-refractivity contribution in [2.24, 2.45) is 0 Å². The van der Waals surface area contributed by atoms with Crippen molar-refractivity contribution in [1.29, 1.82) is 0 Å². The van der Waals surface area contributed by atoms with E-state index >= 15 is 0 Å². The van der Waals surface area contributed by atoms with Gasteiger partial charge in [0.05, 0.1) is 10.7 Å². The van der Waals surface area contributed by atoms with Crippen molar-refractivity contribution in [3.8, 4) is 0 Å². The van der Waals surface area contributed by atoms with E-state index in [2.05, 4.69) is 0 Å². The Kier molecular flexibility index (Phi) is 2.96. The minimum Gasteiger partial charge on any atom is -0.398 e. The van der Waals surface area contributed by atoms with Crippen LogP contribution in [0.4, 0.5) is 5.69 Å². The first-order chi connectivity index (χ1) is 6.25. The largest absolute Gasteiger partial charge is 0.398 e. The van der Waals surface area contributed by atoms with Crippen molar-refractivity contribution in [3.63, 3.8) is 0 Å². The summed E-state index contributed by atoms with van der Waals surface area (Å²) in [7, 11) is -4.42. The van der Waals surface area contributed by atoms with E-state index in [1.165, 1.54) is 13.0 Å². The van der Waals surface area contributed by atoms with Crippen LogP contribution in [0.25, 0.3) is 0 Å². The lowest BCUT2D eigenvalue weighted by atomic mass is 10.2. The third-order valence-electron chi connectivity index (χ3n) is 1.69. The molecular formula is C7H7Cl2NO3S. The van der Waals surface area contributed by atoms with Gasteiger partial charge in [-0.15, -0.1) is 0 Å². The smallest absolute Gasteiger partial charge is 0.298 e. The zero-order chi connectivity index (χ0) is 11.1. The van der Waals surface area contributed by atoms with Gasteiger partial charge in [0, 0.05) is 5.02 Å². The van der Waals surface area contributed by atoms with Gasteiger partial charge in [0.25, 0.3) is 10.1 Å². The van der Waals surface area contributed by atoms with Gasteiger partial charge in [-0.2, -0.15) is 8.42 Å². The maximum absolute atomic E-state index is 10.9. The molecule has 0 heterocycles. The topological polar surface area (TPSA) is 80.4 Å². The molecule has 0 aliphatic heterocycles. The predicted molar refractivity (Wildman–Crippen MR) is 55.4 cm³/mol. The van der Waals surface area contributed by atoms with E-state index in [-0.39, 0.29) is 15.7 Å². The van der Waals surface area contributed by atoms with Gasteiger partial charge < -0.3 is 5.73 Å². The van der Waals surface area contributed by atoms with Gasteiger partial charge >= 0.3 is 0 Å². The highest BCUT2D eigenvalue weighted by Crippen LogP contribution is 2.34. The fourth-order valence-corrected chi connectivity index (χ4v) is 2.47. The van der Waals surface area contributed by atoms with E-state index in [1.807, 2.05) is 0 Å². The standard InChI is InChI=1S/C7H7Cl2NO3S/c1-3-4(8)2-5(10)7(6(3)9)14(11,12)13/h2H,10H2,1H3,(H,11,12,13). The number of nitrogen functional groups attached to an aromatic ring is 1. The normalized spacial score (nSPS) is 11.7. The van der Waals surface area contributed by atoms with E-state index in [4.69, 9.17) is 33.5 Å². The highest BCUT2D eigenvalue weighted by Gasteiger charge is 2.21. The van der Waals surface area contributed by atoms with Crippen LogP contribution in [0, 0.1) is 6.92 Å². The number of rotatable bonds is 1. The number of halogens is 2. The molecule has 0 bridgehead atoms. The minimum atomic E-state index is -4.42. The number of benzene rings is 1. The summed E-state index contributed by atoms with van der Waals surface area (Å²) in [6.07, 6.45) is 0. The van der Waals surface area contributed by atoms with Crippen molar-refractivity contribution >= 4 is 39.0 Å². The van der Waals surface area contributed by atoms with Crippen molar-refractivity contribution < 1.29 is 13.0 Å². The molecule has 1 aromatic rings. The molecule has 0 aliphatic carbocycles. The summed E-state index contributed by atoms with van der Waals surface area (Å²) in [6, 6.07) is 1.23. The fraction of sp³-hybridized carbons (Fsp3) is 0.143. The van der Waals surface area contributed by atoms with Crippen LogP contribution >= 0.6 is 23.2 Å². The number of hydrogen-bond acceptors (Lipinski definition) is 3. The van der Waals surface area contributed by atoms with E-state index in [1.54, 1.807) is 0 Å². The molecule has 0 radical (unpaired) electrons. The van der Waals surface area contributed by atoms with Gasteiger partial charge in [0.2, 0.25) is 0 Å². The molecule has 7 heteroatoms. The van der Waals surface area contributed by atoms with Crippen LogP contribution in [0.1, 0.15) is 5.56 Å². The maximum Gasteiger partial charge on any atom is 0.298 e. The monoisotopic (exact) mass is 255 g/mol. The van der Waals surface area contributed by atoms with Crippen molar-refractivity contribution in [2.75, 3.05) is 5.73 Å². The lowest BCUT2D eigenvalue weighted by Gasteiger charge is -2.08. The third-order valence-corrected chi connectivity index (χ3v) is 3.62. The molecule has 3 N–H and O–H groups in total. The van der Waals surface area contributed by atoms with Gasteiger partial charge in [-0.05, 0) is 18.6 Å². The van der Waals surface area contributed by atoms with Gasteiger partial charge in [0.1, 0.15) is 4.90 Å².